The number of carbonyl (C=O) groups excluding carboxylic acids is 1. The number of piperazine rings is 1. The van der Waals surface area contributed by atoms with Crippen LogP contribution in [0.1, 0.15) is 37.7 Å². The summed E-state index contributed by atoms with van der Waals surface area (Å²) in [6.45, 7) is 4.54. The van der Waals surface area contributed by atoms with Crippen LogP contribution in [0.5, 0.6) is 5.75 Å². The highest BCUT2D eigenvalue weighted by Crippen LogP contribution is 2.26. The van der Waals surface area contributed by atoms with Crippen LogP contribution < -0.4 is 4.74 Å². The van der Waals surface area contributed by atoms with Crippen molar-refractivity contribution in [3.05, 3.63) is 29.8 Å². The number of amides is 1. The number of ether oxygens (including phenoxy) is 1. The zero-order valence-electron chi connectivity index (χ0n) is 14.2. The van der Waals surface area contributed by atoms with Gasteiger partial charge < -0.3 is 9.64 Å². The predicted octanol–water partition coefficient (Wildman–Crippen LogP) is 2.92. The summed E-state index contributed by atoms with van der Waals surface area (Å²) in [5.74, 6) is 1.65. The fourth-order valence-electron chi connectivity index (χ4n) is 3.81. The van der Waals surface area contributed by atoms with Crippen LogP contribution in [-0.4, -0.2) is 49.0 Å². The van der Waals surface area contributed by atoms with E-state index in [-0.39, 0.29) is 0 Å². The number of carbonyl (C=O) groups is 1. The topological polar surface area (TPSA) is 32.8 Å². The van der Waals surface area contributed by atoms with Crippen molar-refractivity contribution in [3.8, 4) is 5.75 Å². The van der Waals surface area contributed by atoms with E-state index in [1.807, 2.05) is 12.1 Å². The molecule has 0 aromatic heterocycles. The average molecular weight is 316 g/mol. The molecule has 1 aliphatic heterocycles. The Kier molecular flexibility index (Phi) is 5.55. The van der Waals surface area contributed by atoms with Gasteiger partial charge >= 0.3 is 0 Å². The van der Waals surface area contributed by atoms with Gasteiger partial charge in [-0.25, -0.2) is 0 Å². The van der Waals surface area contributed by atoms with Gasteiger partial charge in [-0.2, -0.15) is 0 Å². The molecule has 4 heteroatoms. The van der Waals surface area contributed by atoms with Gasteiger partial charge in [0.15, 0.2) is 0 Å². The zero-order chi connectivity index (χ0) is 16.1. The summed E-state index contributed by atoms with van der Waals surface area (Å²) in [6.07, 6.45) is 5.95. The van der Waals surface area contributed by atoms with Crippen LogP contribution in [0.25, 0.3) is 0 Å². The minimum absolute atomic E-state index is 0.296. The van der Waals surface area contributed by atoms with E-state index in [0.29, 0.717) is 11.8 Å². The van der Waals surface area contributed by atoms with E-state index in [1.54, 1.807) is 7.11 Å². The molecule has 3 rings (SSSR count). The first-order chi connectivity index (χ1) is 11.3. The minimum Gasteiger partial charge on any atom is -0.496 e. The van der Waals surface area contributed by atoms with E-state index in [0.717, 1.165) is 51.3 Å². The van der Waals surface area contributed by atoms with Crippen molar-refractivity contribution in [2.75, 3.05) is 33.3 Å². The fourth-order valence-corrected chi connectivity index (χ4v) is 3.81. The molecule has 1 aromatic rings. The summed E-state index contributed by atoms with van der Waals surface area (Å²) in [6, 6.07) is 8.19. The Bertz CT molecular complexity index is 518. The van der Waals surface area contributed by atoms with E-state index < -0.39 is 0 Å². The number of methoxy groups -OCH3 is 1. The molecule has 1 aliphatic carbocycles. The van der Waals surface area contributed by atoms with Gasteiger partial charge in [-0.15, -0.1) is 0 Å². The third kappa shape index (κ3) is 4.05. The molecule has 1 aromatic carbocycles. The fraction of sp³-hybridized carbons (Fsp3) is 0.632. The van der Waals surface area contributed by atoms with Gasteiger partial charge in [-0.3, -0.25) is 9.69 Å². The normalized spacial score (nSPS) is 20.5. The Morgan fingerprint density at radius 2 is 1.78 bits per heavy atom. The van der Waals surface area contributed by atoms with Crippen LogP contribution in [0.4, 0.5) is 0 Å². The van der Waals surface area contributed by atoms with Crippen molar-refractivity contribution in [1.82, 2.24) is 9.80 Å². The van der Waals surface area contributed by atoms with Crippen molar-refractivity contribution in [2.24, 2.45) is 5.92 Å². The second kappa shape index (κ2) is 7.82. The predicted molar refractivity (Wildman–Crippen MR) is 91.4 cm³/mol. The molecular formula is C19H28N2O2. The van der Waals surface area contributed by atoms with E-state index in [9.17, 15) is 4.79 Å². The molecule has 1 saturated heterocycles. The number of hydrogen-bond acceptors (Lipinski definition) is 3. The second-order valence-electron chi connectivity index (χ2n) is 6.75. The molecule has 0 radical (unpaired) electrons. The maximum absolute atomic E-state index is 12.6. The SMILES string of the molecule is COc1ccccc1CN1CCN(C(=O)C2CCCCC2)CC1. The van der Waals surface area contributed by atoms with Crippen LogP contribution in [0.3, 0.4) is 0 Å². The maximum Gasteiger partial charge on any atom is 0.225 e. The lowest BCUT2D eigenvalue weighted by molar-refractivity contribution is -0.138. The van der Waals surface area contributed by atoms with Crippen molar-refractivity contribution in [1.29, 1.82) is 0 Å². The van der Waals surface area contributed by atoms with Crippen LogP contribution in [0.15, 0.2) is 24.3 Å². The molecule has 2 aliphatic rings. The first kappa shape index (κ1) is 16.3. The lowest BCUT2D eigenvalue weighted by Gasteiger charge is -2.37. The van der Waals surface area contributed by atoms with Gasteiger partial charge in [0.25, 0.3) is 0 Å². The standard InChI is InChI=1S/C19H28N2O2/c1-23-18-10-6-5-9-17(18)15-20-11-13-21(14-12-20)19(22)16-7-3-2-4-8-16/h5-6,9-10,16H,2-4,7-8,11-15H2,1H3. The quantitative estimate of drug-likeness (QED) is 0.856. The summed E-state index contributed by atoms with van der Waals surface area (Å²) >= 11 is 0. The Hall–Kier alpha value is -1.55. The third-order valence-electron chi connectivity index (χ3n) is 5.22. The number of hydrogen-bond donors (Lipinski definition) is 0. The molecule has 0 N–H and O–H groups in total. The molecule has 0 bridgehead atoms. The molecule has 0 atom stereocenters. The molecule has 1 saturated carbocycles. The van der Waals surface area contributed by atoms with Gasteiger partial charge in [-0.1, -0.05) is 37.5 Å². The second-order valence-corrected chi connectivity index (χ2v) is 6.75. The Labute approximate surface area is 139 Å². The molecular weight excluding hydrogens is 288 g/mol. The highest BCUT2D eigenvalue weighted by molar-refractivity contribution is 5.79. The van der Waals surface area contributed by atoms with Crippen LogP contribution >= 0.6 is 0 Å². The Morgan fingerprint density at radius 3 is 2.48 bits per heavy atom. The first-order valence-corrected chi connectivity index (χ1v) is 8.91. The highest BCUT2D eigenvalue weighted by Gasteiger charge is 2.28. The van der Waals surface area contributed by atoms with E-state index >= 15 is 0 Å². The molecule has 1 amide bonds. The smallest absolute Gasteiger partial charge is 0.225 e. The Morgan fingerprint density at radius 1 is 1.09 bits per heavy atom. The highest BCUT2D eigenvalue weighted by atomic mass is 16.5. The monoisotopic (exact) mass is 316 g/mol. The van der Waals surface area contributed by atoms with Crippen LogP contribution in [0, 0.1) is 5.92 Å². The van der Waals surface area contributed by atoms with Crippen molar-refractivity contribution in [3.63, 3.8) is 0 Å². The summed E-state index contributed by atoms with van der Waals surface area (Å²) in [4.78, 5) is 17.1. The summed E-state index contributed by atoms with van der Waals surface area (Å²) in [7, 11) is 1.72. The lowest BCUT2D eigenvalue weighted by Crippen LogP contribution is -2.50. The van der Waals surface area contributed by atoms with Gasteiger partial charge in [-0.05, 0) is 18.9 Å². The summed E-state index contributed by atoms with van der Waals surface area (Å²) in [5.41, 5.74) is 1.22. The van der Waals surface area contributed by atoms with Crippen molar-refractivity contribution in [2.45, 2.75) is 38.6 Å². The van der Waals surface area contributed by atoms with Gasteiger partial charge in [0, 0.05) is 44.2 Å². The van der Waals surface area contributed by atoms with Gasteiger partial charge in [0.2, 0.25) is 5.91 Å². The molecule has 1 heterocycles. The number of para-hydroxylation sites is 1. The average Bonchev–Trinajstić information content (AvgIpc) is 2.63. The molecule has 2 fully saturated rings. The Balaban J connectivity index is 1.51. The largest absolute Gasteiger partial charge is 0.496 e. The van der Waals surface area contributed by atoms with Gasteiger partial charge in [0.05, 0.1) is 7.11 Å². The molecule has 4 nitrogen and oxygen atoms in total. The maximum atomic E-state index is 12.6. The van der Waals surface area contributed by atoms with E-state index in [2.05, 4.69) is 21.9 Å². The number of benzene rings is 1. The van der Waals surface area contributed by atoms with Crippen molar-refractivity contribution < 1.29 is 9.53 Å². The lowest BCUT2D eigenvalue weighted by atomic mass is 9.88. The third-order valence-corrected chi connectivity index (χ3v) is 5.22. The zero-order valence-corrected chi connectivity index (χ0v) is 14.2. The minimum atomic E-state index is 0.296. The number of rotatable bonds is 4. The molecule has 23 heavy (non-hydrogen) atoms. The summed E-state index contributed by atoms with van der Waals surface area (Å²) in [5, 5.41) is 0. The van der Waals surface area contributed by atoms with E-state index in [1.165, 1.54) is 24.8 Å². The van der Waals surface area contributed by atoms with Crippen molar-refractivity contribution >= 4 is 5.91 Å². The summed E-state index contributed by atoms with van der Waals surface area (Å²) < 4.78 is 5.43. The number of nitrogens with zero attached hydrogens (tertiary/aromatic N) is 2. The van der Waals surface area contributed by atoms with E-state index in [4.69, 9.17) is 4.74 Å². The first-order valence-electron chi connectivity index (χ1n) is 8.91. The van der Waals surface area contributed by atoms with Gasteiger partial charge in [0.1, 0.15) is 5.75 Å². The molecule has 0 spiro atoms. The van der Waals surface area contributed by atoms with Crippen LogP contribution in [0.2, 0.25) is 0 Å². The molecule has 126 valence electrons. The van der Waals surface area contributed by atoms with Crippen LogP contribution in [-0.2, 0) is 11.3 Å². The molecule has 0 unspecified atom stereocenters.